The number of fused-ring (bicyclic) bond motifs is 4. The molecule has 1 heterocycles. The summed E-state index contributed by atoms with van der Waals surface area (Å²) in [6, 6.07) is 59.2. The van der Waals surface area contributed by atoms with Gasteiger partial charge < -0.3 is 4.90 Å². The van der Waals surface area contributed by atoms with Gasteiger partial charge in [-0.3, -0.25) is 0 Å². The van der Waals surface area contributed by atoms with E-state index in [-0.39, 0.29) is 0 Å². The highest BCUT2D eigenvalue weighted by Gasteiger charge is 2.21. The molecular weight excluding hydrogens is 527 g/mol. The third kappa shape index (κ3) is 4.16. The molecule has 0 aliphatic rings. The Morgan fingerprint density at radius 2 is 1.02 bits per heavy atom. The Balaban J connectivity index is 1.42. The molecule has 0 aliphatic heterocycles. The summed E-state index contributed by atoms with van der Waals surface area (Å²) in [6.07, 6.45) is 0. The zero-order valence-electron chi connectivity index (χ0n) is 22.9. The van der Waals surface area contributed by atoms with Crippen LogP contribution in [0, 0.1) is 0 Å². The van der Waals surface area contributed by atoms with Crippen molar-refractivity contribution in [2.24, 2.45) is 0 Å². The fraction of sp³-hybridized carbons (Fsp3) is 0. The van der Waals surface area contributed by atoms with Crippen molar-refractivity contribution in [3.05, 3.63) is 164 Å². The van der Waals surface area contributed by atoms with Crippen LogP contribution in [0.2, 0.25) is 0 Å². The largest absolute Gasteiger partial charge is 0.309 e. The van der Waals surface area contributed by atoms with Gasteiger partial charge in [-0.15, -0.1) is 11.3 Å². The first kappa shape index (κ1) is 24.6. The quantitative estimate of drug-likeness (QED) is 0.205. The molecule has 0 fully saturated rings. The first-order valence-corrected chi connectivity index (χ1v) is 15.1. The lowest BCUT2D eigenvalue weighted by Crippen LogP contribution is -2.11. The van der Waals surface area contributed by atoms with E-state index in [4.69, 9.17) is 0 Å². The number of anilines is 3. The van der Waals surface area contributed by atoms with Crippen molar-refractivity contribution in [2.75, 3.05) is 4.90 Å². The average molecular weight is 554 g/mol. The number of nitrogens with zero attached hydrogens (tertiary/aromatic N) is 1. The summed E-state index contributed by atoms with van der Waals surface area (Å²) >= 11 is 1.86. The first-order chi connectivity index (χ1) is 20.8. The smallest absolute Gasteiger partial charge is 0.0555 e. The van der Waals surface area contributed by atoms with Gasteiger partial charge in [0.15, 0.2) is 0 Å². The second-order valence-electron chi connectivity index (χ2n) is 10.5. The fourth-order valence-electron chi connectivity index (χ4n) is 6.17. The van der Waals surface area contributed by atoms with Crippen LogP contribution >= 0.6 is 11.3 Å². The molecule has 1 nitrogen and oxygen atoms in total. The first-order valence-electron chi connectivity index (χ1n) is 14.3. The average Bonchev–Trinajstić information content (AvgIpc) is 3.45. The van der Waals surface area contributed by atoms with E-state index in [1.807, 2.05) is 11.3 Å². The van der Waals surface area contributed by atoms with E-state index in [0.29, 0.717) is 0 Å². The van der Waals surface area contributed by atoms with Crippen molar-refractivity contribution in [1.29, 1.82) is 0 Å². The van der Waals surface area contributed by atoms with E-state index < -0.39 is 0 Å². The zero-order chi connectivity index (χ0) is 27.9. The molecule has 0 radical (unpaired) electrons. The van der Waals surface area contributed by atoms with Crippen LogP contribution in [0.1, 0.15) is 0 Å². The molecule has 0 atom stereocenters. The molecule has 0 N–H and O–H groups in total. The lowest BCUT2D eigenvalue weighted by molar-refractivity contribution is 1.30. The highest BCUT2D eigenvalue weighted by atomic mass is 32.1. The molecule has 0 saturated carbocycles. The summed E-state index contributed by atoms with van der Waals surface area (Å²) in [5, 5.41) is 5.09. The molecule has 0 bridgehead atoms. The van der Waals surface area contributed by atoms with Crippen LogP contribution in [-0.4, -0.2) is 0 Å². The van der Waals surface area contributed by atoms with Crippen LogP contribution < -0.4 is 4.90 Å². The number of hydrogen-bond acceptors (Lipinski definition) is 2. The molecule has 0 amide bonds. The summed E-state index contributed by atoms with van der Waals surface area (Å²) in [5.74, 6) is 0. The Bertz CT molecular complexity index is 2200. The Morgan fingerprint density at radius 1 is 0.405 bits per heavy atom. The Hall–Kier alpha value is -5.18. The van der Waals surface area contributed by atoms with Crippen LogP contribution in [0.4, 0.5) is 17.1 Å². The number of para-hydroxylation sites is 1. The molecule has 1 aromatic heterocycles. The highest BCUT2D eigenvalue weighted by molar-refractivity contribution is 7.26. The minimum Gasteiger partial charge on any atom is -0.309 e. The maximum atomic E-state index is 2.46. The van der Waals surface area contributed by atoms with Crippen LogP contribution in [0.15, 0.2) is 164 Å². The molecular formula is C40H27NS. The van der Waals surface area contributed by atoms with Gasteiger partial charge in [0.25, 0.3) is 0 Å². The standard InChI is InChI=1S/C40H27NS/c1-2-13-29(14-3-1)34-20-6-8-23-36(34)41(37-24-12-26-39-40(37)35-21-7-9-25-38(35)42-39)31-18-10-17-30(27-31)33-22-11-16-28-15-4-5-19-32(28)33/h1-27H. The van der Waals surface area contributed by atoms with Crippen LogP contribution in [0.3, 0.4) is 0 Å². The minimum absolute atomic E-state index is 1.13. The number of benzene rings is 7. The molecule has 0 aliphatic carbocycles. The second kappa shape index (κ2) is 10.3. The van der Waals surface area contributed by atoms with Gasteiger partial charge in [-0.1, -0.05) is 127 Å². The normalized spacial score (nSPS) is 11.3. The van der Waals surface area contributed by atoms with Gasteiger partial charge in [0.2, 0.25) is 0 Å². The van der Waals surface area contributed by atoms with E-state index in [0.717, 1.165) is 11.4 Å². The van der Waals surface area contributed by atoms with E-state index in [1.54, 1.807) is 0 Å². The van der Waals surface area contributed by atoms with E-state index in [9.17, 15) is 0 Å². The number of rotatable bonds is 5. The van der Waals surface area contributed by atoms with Gasteiger partial charge in [-0.2, -0.15) is 0 Å². The minimum atomic E-state index is 1.13. The summed E-state index contributed by atoms with van der Waals surface area (Å²) in [7, 11) is 0. The fourth-order valence-corrected chi connectivity index (χ4v) is 7.30. The van der Waals surface area contributed by atoms with Crippen LogP contribution in [-0.2, 0) is 0 Å². The molecule has 0 saturated heterocycles. The Labute approximate surface area is 249 Å². The lowest BCUT2D eigenvalue weighted by atomic mass is 9.97. The number of thiophene rings is 1. The molecule has 198 valence electrons. The van der Waals surface area contributed by atoms with Gasteiger partial charge in [0.05, 0.1) is 11.4 Å². The lowest BCUT2D eigenvalue weighted by Gasteiger charge is -2.29. The van der Waals surface area contributed by atoms with Crippen molar-refractivity contribution in [2.45, 2.75) is 0 Å². The molecule has 8 aromatic rings. The molecule has 2 heteroatoms. The molecule has 0 unspecified atom stereocenters. The van der Waals surface area contributed by atoms with Crippen molar-refractivity contribution in [3.8, 4) is 22.3 Å². The summed E-state index contributed by atoms with van der Waals surface area (Å²) in [4.78, 5) is 2.46. The summed E-state index contributed by atoms with van der Waals surface area (Å²) < 4.78 is 2.60. The molecule has 8 rings (SSSR count). The highest BCUT2D eigenvalue weighted by Crippen LogP contribution is 2.47. The predicted octanol–water partition coefficient (Wildman–Crippen LogP) is 12.0. The van der Waals surface area contributed by atoms with E-state index in [1.165, 1.54) is 58.9 Å². The van der Waals surface area contributed by atoms with Crippen LogP contribution in [0.5, 0.6) is 0 Å². The monoisotopic (exact) mass is 553 g/mol. The topological polar surface area (TPSA) is 3.24 Å². The van der Waals surface area contributed by atoms with Crippen molar-refractivity contribution in [3.63, 3.8) is 0 Å². The Kier molecular flexibility index (Phi) is 6.05. The van der Waals surface area contributed by atoms with Gasteiger partial charge in [0.1, 0.15) is 0 Å². The Morgan fingerprint density at radius 3 is 1.95 bits per heavy atom. The van der Waals surface area contributed by atoms with Gasteiger partial charge in [0, 0.05) is 31.4 Å². The van der Waals surface area contributed by atoms with Gasteiger partial charge >= 0.3 is 0 Å². The van der Waals surface area contributed by atoms with Crippen molar-refractivity contribution < 1.29 is 0 Å². The summed E-state index contributed by atoms with van der Waals surface area (Å²) in [6.45, 7) is 0. The third-order valence-electron chi connectivity index (χ3n) is 8.06. The van der Waals surface area contributed by atoms with Crippen LogP contribution in [0.25, 0.3) is 53.2 Å². The van der Waals surface area contributed by atoms with E-state index >= 15 is 0 Å². The molecule has 0 spiro atoms. The molecule has 42 heavy (non-hydrogen) atoms. The SMILES string of the molecule is c1ccc(-c2ccccc2N(c2cccc(-c3cccc4ccccc34)c2)c2cccc3sc4ccccc4c23)cc1. The third-order valence-corrected chi connectivity index (χ3v) is 9.19. The maximum absolute atomic E-state index is 2.46. The zero-order valence-corrected chi connectivity index (χ0v) is 23.8. The molecule has 7 aromatic carbocycles. The summed E-state index contributed by atoms with van der Waals surface area (Å²) in [5.41, 5.74) is 8.31. The predicted molar refractivity (Wildman–Crippen MR) is 182 cm³/mol. The van der Waals surface area contributed by atoms with Gasteiger partial charge in [-0.25, -0.2) is 0 Å². The van der Waals surface area contributed by atoms with Gasteiger partial charge in [-0.05, 0) is 63.9 Å². The van der Waals surface area contributed by atoms with Crippen molar-refractivity contribution >= 4 is 59.3 Å². The van der Waals surface area contributed by atoms with Crippen molar-refractivity contribution in [1.82, 2.24) is 0 Å². The second-order valence-corrected chi connectivity index (χ2v) is 11.6. The maximum Gasteiger partial charge on any atom is 0.0555 e. The van der Waals surface area contributed by atoms with E-state index in [2.05, 4.69) is 169 Å². The number of hydrogen-bond donors (Lipinski definition) is 0.